The van der Waals surface area contributed by atoms with Crippen molar-refractivity contribution in [2.24, 2.45) is 0 Å². The van der Waals surface area contributed by atoms with Crippen LogP contribution in [0.5, 0.6) is 0 Å². The third-order valence-corrected chi connectivity index (χ3v) is 1.80. The molecule has 7 heteroatoms. The predicted octanol–water partition coefficient (Wildman–Crippen LogP) is -2.64. The highest BCUT2D eigenvalue weighted by Crippen LogP contribution is 2.04. The van der Waals surface area contributed by atoms with Gasteiger partial charge in [-0.15, -0.1) is 0 Å². The van der Waals surface area contributed by atoms with Crippen molar-refractivity contribution in [3.8, 4) is 0 Å². The molecule has 0 saturated heterocycles. The van der Waals surface area contributed by atoms with Crippen LogP contribution in [0.3, 0.4) is 0 Å². The summed E-state index contributed by atoms with van der Waals surface area (Å²) in [5.74, 6) is -0.809. The Morgan fingerprint density at radius 2 is 1.81 bits per heavy atom. The first-order chi connectivity index (χ1) is 7.43. The topological polar surface area (TPSA) is 124 Å². The summed E-state index contributed by atoms with van der Waals surface area (Å²) in [6.07, 6.45) is -6.23. The average Bonchev–Trinajstić information content (AvgIpc) is 2.32. The maximum Gasteiger partial charge on any atom is 0.330 e. The largest absolute Gasteiger partial charge is 0.460 e. The summed E-state index contributed by atoms with van der Waals surface area (Å²) in [6.45, 7) is 2.52. The molecular formula is C9H14O7. The average molecular weight is 234 g/mol. The Hall–Kier alpha value is -1.28. The molecule has 0 aromatic carbocycles. The van der Waals surface area contributed by atoms with Crippen molar-refractivity contribution >= 4 is 12.3 Å². The number of esters is 1. The van der Waals surface area contributed by atoms with Crippen LogP contribution in [-0.4, -0.2) is 63.7 Å². The minimum Gasteiger partial charge on any atom is -0.460 e. The van der Waals surface area contributed by atoms with Gasteiger partial charge >= 0.3 is 5.97 Å². The zero-order valence-electron chi connectivity index (χ0n) is 8.39. The second-order valence-corrected chi connectivity index (χ2v) is 3.01. The smallest absolute Gasteiger partial charge is 0.330 e. The van der Waals surface area contributed by atoms with Crippen LogP contribution in [0.4, 0.5) is 0 Å². The van der Waals surface area contributed by atoms with Crippen molar-refractivity contribution in [2.45, 2.75) is 24.4 Å². The highest BCUT2D eigenvalue weighted by molar-refractivity contribution is 5.81. The molecule has 0 aliphatic carbocycles. The third-order valence-electron chi connectivity index (χ3n) is 1.80. The Kier molecular flexibility index (Phi) is 6.50. The maximum atomic E-state index is 10.6. The first kappa shape index (κ1) is 14.7. The van der Waals surface area contributed by atoms with Gasteiger partial charge in [0.2, 0.25) is 0 Å². The molecule has 0 unspecified atom stereocenters. The zero-order chi connectivity index (χ0) is 12.7. The molecule has 16 heavy (non-hydrogen) atoms. The summed E-state index contributed by atoms with van der Waals surface area (Å²) in [5.41, 5.74) is 0. The lowest BCUT2D eigenvalue weighted by molar-refractivity contribution is -0.151. The first-order valence-electron chi connectivity index (χ1n) is 4.40. The van der Waals surface area contributed by atoms with Crippen LogP contribution in [0, 0.1) is 0 Å². The quantitative estimate of drug-likeness (QED) is 0.215. The van der Waals surface area contributed by atoms with Crippen LogP contribution in [-0.2, 0) is 14.3 Å². The fraction of sp³-hybridized carbons (Fsp3) is 0.556. The van der Waals surface area contributed by atoms with E-state index < -0.39 is 37.0 Å². The van der Waals surface area contributed by atoms with E-state index in [1.165, 1.54) is 0 Å². The number of rotatable bonds is 7. The minimum absolute atomic E-state index is 0.0103. The van der Waals surface area contributed by atoms with E-state index in [2.05, 4.69) is 11.3 Å². The molecule has 0 bridgehead atoms. The SMILES string of the molecule is C=CC(=O)OC[C@@H](O)[C@H](O)[C@@H](O)[C@@H](O)C=O. The van der Waals surface area contributed by atoms with Crippen molar-refractivity contribution in [1.29, 1.82) is 0 Å². The van der Waals surface area contributed by atoms with Gasteiger partial charge in [0.25, 0.3) is 0 Å². The molecule has 0 fully saturated rings. The molecule has 0 aromatic heterocycles. The minimum atomic E-state index is -1.85. The van der Waals surface area contributed by atoms with E-state index in [9.17, 15) is 19.8 Å². The van der Waals surface area contributed by atoms with Gasteiger partial charge in [0.05, 0.1) is 0 Å². The van der Waals surface area contributed by atoms with Gasteiger partial charge in [-0.05, 0) is 0 Å². The third kappa shape index (κ3) is 4.49. The molecular weight excluding hydrogens is 220 g/mol. The zero-order valence-corrected chi connectivity index (χ0v) is 8.39. The molecule has 0 radical (unpaired) electrons. The van der Waals surface area contributed by atoms with Crippen LogP contribution in [0.15, 0.2) is 12.7 Å². The highest BCUT2D eigenvalue weighted by Gasteiger charge is 2.30. The van der Waals surface area contributed by atoms with Crippen LogP contribution >= 0.6 is 0 Å². The molecule has 4 N–H and O–H groups in total. The molecule has 4 atom stereocenters. The van der Waals surface area contributed by atoms with Crippen LogP contribution < -0.4 is 0 Å². The molecule has 0 heterocycles. The molecule has 7 nitrogen and oxygen atoms in total. The number of hydrogen-bond donors (Lipinski definition) is 4. The summed E-state index contributed by atoms with van der Waals surface area (Å²) in [5, 5.41) is 36.4. The van der Waals surface area contributed by atoms with Crippen LogP contribution in [0.1, 0.15) is 0 Å². The molecule has 0 amide bonds. The molecule has 0 spiro atoms. The number of carbonyl (C=O) groups is 2. The summed E-state index contributed by atoms with van der Waals surface area (Å²) >= 11 is 0. The Labute approximate surface area is 91.6 Å². The summed E-state index contributed by atoms with van der Waals surface area (Å²) < 4.78 is 4.39. The molecule has 0 aliphatic rings. The highest BCUT2D eigenvalue weighted by atomic mass is 16.5. The molecule has 0 saturated carbocycles. The van der Waals surface area contributed by atoms with Crippen molar-refractivity contribution < 1.29 is 34.8 Å². The first-order valence-corrected chi connectivity index (χ1v) is 4.40. The fourth-order valence-corrected chi connectivity index (χ4v) is 0.835. The lowest BCUT2D eigenvalue weighted by atomic mass is 10.0. The summed E-state index contributed by atoms with van der Waals surface area (Å²) in [6, 6.07) is 0. The van der Waals surface area contributed by atoms with Gasteiger partial charge in [-0.25, -0.2) is 4.79 Å². The van der Waals surface area contributed by atoms with E-state index in [4.69, 9.17) is 10.2 Å². The van der Waals surface area contributed by atoms with Gasteiger partial charge in [0, 0.05) is 6.08 Å². The maximum absolute atomic E-state index is 10.6. The van der Waals surface area contributed by atoms with Crippen molar-refractivity contribution in [1.82, 2.24) is 0 Å². The number of aliphatic hydroxyl groups excluding tert-OH is 4. The Morgan fingerprint density at radius 3 is 2.25 bits per heavy atom. The van der Waals surface area contributed by atoms with E-state index in [0.717, 1.165) is 6.08 Å². The fourth-order valence-electron chi connectivity index (χ4n) is 0.835. The summed E-state index contributed by atoms with van der Waals surface area (Å²) in [7, 11) is 0. The lowest BCUT2D eigenvalue weighted by Crippen LogP contribution is -2.46. The number of aliphatic hydroxyl groups is 4. The normalized spacial score (nSPS) is 18.0. The standard InChI is InChI=1S/C9H14O7/c1-2-7(13)16-4-6(12)9(15)8(14)5(11)3-10/h2-3,5-6,8-9,11-12,14-15H,1,4H2/t5-,6+,8-,9-/m0/s1. The van der Waals surface area contributed by atoms with E-state index in [0.29, 0.717) is 0 Å². The van der Waals surface area contributed by atoms with Crippen LogP contribution in [0.2, 0.25) is 0 Å². The number of aldehydes is 1. The van der Waals surface area contributed by atoms with Crippen LogP contribution in [0.25, 0.3) is 0 Å². The Bertz CT molecular complexity index is 252. The molecule has 0 aromatic rings. The number of carbonyl (C=O) groups excluding carboxylic acids is 2. The van der Waals surface area contributed by atoms with E-state index in [-0.39, 0.29) is 6.29 Å². The van der Waals surface area contributed by atoms with Crippen molar-refractivity contribution in [3.63, 3.8) is 0 Å². The van der Waals surface area contributed by atoms with Gasteiger partial charge in [-0.3, -0.25) is 0 Å². The molecule has 92 valence electrons. The van der Waals surface area contributed by atoms with E-state index >= 15 is 0 Å². The van der Waals surface area contributed by atoms with Gasteiger partial charge in [0.1, 0.15) is 31.0 Å². The molecule has 0 aliphatic heterocycles. The van der Waals surface area contributed by atoms with Gasteiger partial charge < -0.3 is 30.0 Å². The number of hydrogen-bond acceptors (Lipinski definition) is 7. The lowest BCUT2D eigenvalue weighted by Gasteiger charge is -2.23. The second-order valence-electron chi connectivity index (χ2n) is 3.01. The van der Waals surface area contributed by atoms with Gasteiger partial charge in [-0.1, -0.05) is 6.58 Å². The Balaban J connectivity index is 4.16. The second kappa shape index (κ2) is 7.07. The van der Waals surface area contributed by atoms with E-state index in [1.54, 1.807) is 0 Å². The Morgan fingerprint density at radius 1 is 1.25 bits per heavy atom. The summed E-state index contributed by atoms with van der Waals surface area (Å²) in [4.78, 5) is 20.7. The molecule has 0 rings (SSSR count). The van der Waals surface area contributed by atoms with Gasteiger partial charge in [0.15, 0.2) is 6.29 Å². The van der Waals surface area contributed by atoms with E-state index in [1.807, 2.05) is 0 Å². The van der Waals surface area contributed by atoms with Crippen molar-refractivity contribution in [3.05, 3.63) is 12.7 Å². The van der Waals surface area contributed by atoms with Gasteiger partial charge in [-0.2, -0.15) is 0 Å². The predicted molar refractivity (Wildman–Crippen MR) is 51.2 cm³/mol. The van der Waals surface area contributed by atoms with Crippen molar-refractivity contribution in [2.75, 3.05) is 6.61 Å². The number of ether oxygens (including phenoxy) is 1. The monoisotopic (exact) mass is 234 g/mol.